The van der Waals surface area contributed by atoms with Gasteiger partial charge in [0.1, 0.15) is 5.75 Å². The molecule has 0 radical (unpaired) electrons. The molecule has 0 unspecified atom stereocenters. The molecule has 2 aromatic rings. The number of benzene rings is 2. The molecule has 1 amide bonds. The van der Waals surface area contributed by atoms with Crippen LogP contribution in [0.5, 0.6) is 5.75 Å². The average molecular weight is 367 g/mol. The minimum absolute atomic E-state index is 0.123. The molecule has 27 heavy (non-hydrogen) atoms. The first-order valence-corrected chi connectivity index (χ1v) is 9.66. The molecule has 1 saturated heterocycles. The standard InChI is InChI=1S/C22H29N3O2/c1-27-21-11-5-10-20(17-21)25-15-13-24(14-16-25)18-22(26)23-12-6-9-19-7-3-2-4-8-19/h2-5,7-8,10-11,17H,6,9,12-16,18H2,1H3,(H,23,26). The normalized spacial score (nSPS) is 14.8. The van der Waals surface area contributed by atoms with E-state index in [0.717, 1.165) is 51.3 Å². The predicted molar refractivity (Wildman–Crippen MR) is 109 cm³/mol. The molecular formula is C22H29N3O2. The van der Waals surface area contributed by atoms with Crippen LogP contribution in [0.4, 0.5) is 5.69 Å². The Kier molecular flexibility index (Phi) is 7.11. The maximum atomic E-state index is 12.2. The second-order valence-electron chi connectivity index (χ2n) is 6.90. The van der Waals surface area contributed by atoms with Gasteiger partial charge in [0.25, 0.3) is 0 Å². The van der Waals surface area contributed by atoms with Gasteiger partial charge >= 0.3 is 0 Å². The van der Waals surface area contributed by atoms with Crippen LogP contribution in [0.25, 0.3) is 0 Å². The third-order valence-electron chi connectivity index (χ3n) is 4.97. The van der Waals surface area contributed by atoms with E-state index in [1.807, 2.05) is 18.2 Å². The number of piperazine rings is 1. The van der Waals surface area contributed by atoms with Crippen molar-refractivity contribution in [3.05, 3.63) is 60.2 Å². The van der Waals surface area contributed by atoms with Crippen LogP contribution in [0.15, 0.2) is 54.6 Å². The number of hydrogen-bond acceptors (Lipinski definition) is 4. The van der Waals surface area contributed by atoms with Gasteiger partial charge in [-0.1, -0.05) is 36.4 Å². The van der Waals surface area contributed by atoms with E-state index in [-0.39, 0.29) is 5.91 Å². The van der Waals surface area contributed by atoms with Gasteiger partial charge in [-0.05, 0) is 30.5 Å². The fourth-order valence-corrected chi connectivity index (χ4v) is 3.40. The molecule has 0 aromatic heterocycles. The van der Waals surface area contributed by atoms with Gasteiger partial charge in [-0.2, -0.15) is 0 Å². The Morgan fingerprint density at radius 2 is 1.81 bits per heavy atom. The van der Waals surface area contributed by atoms with Gasteiger partial charge in [0.05, 0.1) is 13.7 Å². The zero-order valence-electron chi connectivity index (χ0n) is 16.1. The minimum Gasteiger partial charge on any atom is -0.497 e. The highest BCUT2D eigenvalue weighted by molar-refractivity contribution is 5.78. The average Bonchev–Trinajstić information content (AvgIpc) is 2.72. The molecule has 5 heteroatoms. The molecule has 3 rings (SSSR count). The van der Waals surface area contributed by atoms with Crippen molar-refractivity contribution in [2.75, 3.05) is 51.3 Å². The summed E-state index contributed by atoms with van der Waals surface area (Å²) in [5.74, 6) is 1.00. The number of carbonyl (C=O) groups is 1. The van der Waals surface area contributed by atoms with Gasteiger partial charge in [-0.3, -0.25) is 9.69 Å². The summed E-state index contributed by atoms with van der Waals surface area (Å²) >= 11 is 0. The number of carbonyl (C=O) groups excluding carboxylic acids is 1. The Bertz CT molecular complexity index is 713. The molecule has 144 valence electrons. The zero-order chi connectivity index (χ0) is 18.9. The molecule has 0 saturated carbocycles. The predicted octanol–water partition coefficient (Wildman–Crippen LogP) is 2.57. The molecule has 1 aliphatic rings. The Morgan fingerprint density at radius 3 is 2.56 bits per heavy atom. The third-order valence-corrected chi connectivity index (χ3v) is 4.97. The number of anilines is 1. The highest BCUT2D eigenvalue weighted by atomic mass is 16.5. The maximum absolute atomic E-state index is 12.2. The third kappa shape index (κ3) is 6.00. The summed E-state index contributed by atoms with van der Waals surface area (Å²) in [4.78, 5) is 16.7. The van der Waals surface area contributed by atoms with Crippen LogP contribution in [0.3, 0.4) is 0 Å². The first-order chi connectivity index (χ1) is 13.2. The Hall–Kier alpha value is -2.53. The second-order valence-corrected chi connectivity index (χ2v) is 6.90. The van der Waals surface area contributed by atoms with Crippen molar-refractivity contribution < 1.29 is 9.53 Å². The number of rotatable bonds is 8. The second kappa shape index (κ2) is 9.97. The zero-order valence-corrected chi connectivity index (χ0v) is 16.1. The van der Waals surface area contributed by atoms with E-state index >= 15 is 0 Å². The summed E-state index contributed by atoms with van der Waals surface area (Å²) in [6, 6.07) is 18.5. The molecule has 1 aliphatic heterocycles. The molecule has 5 nitrogen and oxygen atoms in total. The lowest BCUT2D eigenvalue weighted by Gasteiger charge is -2.35. The van der Waals surface area contributed by atoms with Crippen molar-refractivity contribution in [3.63, 3.8) is 0 Å². The van der Waals surface area contributed by atoms with E-state index in [9.17, 15) is 4.79 Å². The summed E-state index contributed by atoms with van der Waals surface area (Å²) in [6.07, 6.45) is 1.97. The van der Waals surface area contributed by atoms with Crippen LogP contribution in [-0.4, -0.2) is 57.2 Å². The van der Waals surface area contributed by atoms with E-state index < -0.39 is 0 Å². The Morgan fingerprint density at radius 1 is 1.04 bits per heavy atom. The number of nitrogens with zero attached hydrogens (tertiary/aromatic N) is 2. The highest BCUT2D eigenvalue weighted by Crippen LogP contribution is 2.21. The highest BCUT2D eigenvalue weighted by Gasteiger charge is 2.19. The number of hydrogen-bond donors (Lipinski definition) is 1. The first kappa shape index (κ1) is 19.2. The van der Waals surface area contributed by atoms with Crippen molar-refractivity contribution in [1.29, 1.82) is 0 Å². The van der Waals surface area contributed by atoms with Crippen molar-refractivity contribution in [1.82, 2.24) is 10.2 Å². The van der Waals surface area contributed by atoms with Crippen molar-refractivity contribution in [3.8, 4) is 5.75 Å². The van der Waals surface area contributed by atoms with Crippen LogP contribution in [0, 0.1) is 0 Å². The summed E-state index contributed by atoms with van der Waals surface area (Å²) in [7, 11) is 1.69. The van der Waals surface area contributed by atoms with Crippen LogP contribution < -0.4 is 15.0 Å². The number of amides is 1. The van der Waals surface area contributed by atoms with Gasteiger partial charge in [-0.25, -0.2) is 0 Å². The number of aryl methyl sites for hydroxylation is 1. The van der Waals surface area contributed by atoms with Crippen molar-refractivity contribution in [2.45, 2.75) is 12.8 Å². The number of ether oxygens (including phenoxy) is 1. The molecule has 0 aliphatic carbocycles. The van der Waals surface area contributed by atoms with Gasteiger partial charge < -0.3 is 15.0 Å². The fraction of sp³-hybridized carbons (Fsp3) is 0.409. The van der Waals surface area contributed by atoms with E-state index in [2.05, 4.69) is 51.5 Å². The lowest BCUT2D eigenvalue weighted by molar-refractivity contribution is -0.122. The molecule has 0 spiro atoms. The first-order valence-electron chi connectivity index (χ1n) is 9.66. The van der Waals surface area contributed by atoms with E-state index in [4.69, 9.17) is 4.74 Å². The summed E-state index contributed by atoms with van der Waals surface area (Å²) in [5.41, 5.74) is 2.50. The Labute approximate surface area is 161 Å². The van der Waals surface area contributed by atoms with E-state index in [1.54, 1.807) is 7.11 Å². The quantitative estimate of drug-likeness (QED) is 0.729. The molecule has 1 fully saturated rings. The molecule has 0 atom stereocenters. The van der Waals surface area contributed by atoms with Gasteiger partial charge in [0, 0.05) is 44.5 Å². The Balaban J connectivity index is 1.34. The summed E-state index contributed by atoms with van der Waals surface area (Å²) in [6.45, 7) is 4.86. The monoisotopic (exact) mass is 367 g/mol. The lowest BCUT2D eigenvalue weighted by Crippen LogP contribution is -2.49. The summed E-state index contributed by atoms with van der Waals surface area (Å²) in [5, 5.41) is 3.05. The van der Waals surface area contributed by atoms with Crippen LogP contribution in [0.1, 0.15) is 12.0 Å². The number of methoxy groups -OCH3 is 1. The molecule has 1 heterocycles. The minimum atomic E-state index is 0.123. The largest absolute Gasteiger partial charge is 0.497 e. The number of nitrogens with one attached hydrogen (secondary N) is 1. The van der Waals surface area contributed by atoms with E-state index in [1.165, 1.54) is 11.3 Å². The topological polar surface area (TPSA) is 44.8 Å². The van der Waals surface area contributed by atoms with Crippen molar-refractivity contribution in [2.24, 2.45) is 0 Å². The van der Waals surface area contributed by atoms with Gasteiger partial charge in [0.15, 0.2) is 0 Å². The van der Waals surface area contributed by atoms with Gasteiger partial charge in [-0.15, -0.1) is 0 Å². The SMILES string of the molecule is COc1cccc(N2CCN(CC(=O)NCCCc3ccccc3)CC2)c1. The van der Waals surface area contributed by atoms with Crippen molar-refractivity contribution >= 4 is 11.6 Å². The smallest absolute Gasteiger partial charge is 0.234 e. The van der Waals surface area contributed by atoms with E-state index in [0.29, 0.717) is 6.54 Å². The maximum Gasteiger partial charge on any atom is 0.234 e. The van der Waals surface area contributed by atoms with Crippen LogP contribution in [-0.2, 0) is 11.2 Å². The summed E-state index contributed by atoms with van der Waals surface area (Å²) < 4.78 is 5.30. The molecule has 2 aromatic carbocycles. The molecule has 1 N–H and O–H groups in total. The lowest BCUT2D eigenvalue weighted by atomic mass is 10.1. The van der Waals surface area contributed by atoms with Crippen LogP contribution >= 0.6 is 0 Å². The fourth-order valence-electron chi connectivity index (χ4n) is 3.40. The van der Waals surface area contributed by atoms with Crippen LogP contribution in [0.2, 0.25) is 0 Å². The molecule has 0 bridgehead atoms. The molecular weight excluding hydrogens is 338 g/mol. The van der Waals surface area contributed by atoms with Gasteiger partial charge in [0.2, 0.25) is 5.91 Å².